The minimum absolute atomic E-state index is 0.0526. The van der Waals surface area contributed by atoms with Crippen LogP contribution in [-0.4, -0.2) is 62.6 Å². The van der Waals surface area contributed by atoms with Gasteiger partial charge < -0.3 is 14.9 Å². The highest BCUT2D eigenvalue weighted by Gasteiger charge is 2.38. The lowest BCUT2D eigenvalue weighted by atomic mass is 9.98. The van der Waals surface area contributed by atoms with E-state index in [1.807, 2.05) is 38.1 Å². The van der Waals surface area contributed by atoms with Crippen LogP contribution in [0.2, 0.25) is 5.02 Å². The molecule has 1 fully saturated rings. The number of carboxylic acids is 2. The van der Waals surface area contributed by atoms with Crippen LogP contribution in [0.25, 0.3) is 21.1 Å². The summed E-state index contributed by atoms with van der Waals surface area (Å²) in [6, 6.07) is 12.0. The summed E-state index contributed by atoms with van der Waals surface area (Å²) < 4.78 is 37.5. The molecular formula is C27H29ClF3N3O5S. The first-order chi connectivity index (χ1) is 18.8. The Kier molecular flexibility index (Phi) is 10.5. The molecule has 1 unspecified atom stereocenters. The molecular weight excluding hydrogens is 571 g/mol. The quantitative estimate of drug-likeness (QED) is 0.305. The summed E-state index contributed by atoms with van der Waals surface area (Å²) in [6.45, 7) is 8.23. The maximum absolute atomic E-state index is 11.3. The molecule has 8 nitrogen and oxygen atoms in total. The van der Waals surface area contributed by atoms with Gasteiger partial charge in [-0.3, -0.25) is 9.69 Å². The van der Waals surface area contributed by atoms with Crippen molar-refractivity contribution in [3.05, 3.63) is 52.5 Å². The zero-order valence-corrected chi connectivity index (χ0v) is 23.6. The van der Waals surface area contributed by atoms with E-state index in [0.717, 1.165) is 40.7 Å². The van der Waals surface area contributed by atoms with Gasteiger partial charge in [0.25, 0.3) is 0 Å². The number of ether oxygens (including phenoxy) is 1. The molecule has 13 heteroatoms. The summed E-state index contributed by atoms with van der Waals surface area (Å²) in [4.78, 5) is 22.4. The van der Waals surface area contributed by atoms with Crippen molar-refractivity contribution in [1.82, 2.24) is 15.1 Å². The Hall–Kier alpha value is -3.22. The van der Waals surface area contributed by atoms with Crippen molar-refractivity contribution in [3.8, 4) is 26.9 Å². The number of aliphatic carboxylic acids is 2. The van der Waals surface area contributed by atoms with Gasteiger partial charge in [0.2, 0.25) is 0 Å². The number of alkyl halides is 3. The SMILES string of the molecule is CCc1c(CN2CCC(C(=O)O)C2)cccc1-c1nnc(-c2ccc(OC(C)C)c(Cl)c2)s1.O=C(O)C(F)(F)F. The Morgan fingerprint density at radius 2 is 1.85 bits per heavy atom. The van der Waals surface area contributed by atoms with Crippen molar-refractivity contribution < 1.29 is 37.7 Å². The molecule has 40 heavy (non-hydrogen) atoms. The predicted molar refractivity (Wildman–Crippen MR) is 146 cm³/mol. The fourth-order valence-corrected chi connectivity index (χ4v) is 5.37. The Labute approximate surface area is 238 Å². The first kappa shape index (κ1) is 31.3. The fourth-order valence-electron chi connectivity index (χ4n) is 4.25. The van der Waals surface area contributed by atoms with E-state index in [1.54, 1.807) is 0 Å². The summed E-state index contributed by atoms with van der Waals surface area (Å²) in [7, 11) is 0. The van der Waals surface area contributed by atoms with Gasteiger partial charge in [-0.2, -0.15) is 13.2 Å². The summed E-state index contributed by atoms with van der Waals surface area (Å²) in [5.41, 5.74) is 4.44. The van der Waals surface area contributed by atoms with Crippen LogP contribution in [-0.2, 0) is 22.6 Å². The molecule has 0 spiro atoms. The molecule has 4 rings (SSSR count). The number of hydrogen-bond donors (Lipinski definition) is 2. The molecule has 216 valence electrons. The fraction of sp³-hybridized carbons (Fsp3) is 0.407. The van der Waals surface area contributed by atoms with Gasteiger partial charge >= 0.3 is 18.1 Å². The van der Waals surface area contributed by atoms with E-state index >= 15 is 0 Å². The second-order valence-electron chi connectivity index (χ2n) is 9.38. The molecule has 1 atom stereocenters. The third kappa shape index (κ3) is 8.15. The van der Waals surface area contributed by atoms with Crippen molar-refractivity contribution in [2.75, 3.05) is 13.1 Å². The average Bonchev–Trinajstić information content (AvgIpc) is 3.55. The summed E-state index contributed by atoms with van der Waals surface area (Å²) in [5.74, 6) is -3.07. The number of carbonyl (C=O) groups is 2. The van der Waals surface area contributed by atoms with Gasteiger partial charge in [0.15, 0.2) is 0 Å². The van der Waals surface area contributed by atoms with Crippen LogP contribution < -0.4 is 4.74 Å². The maximum Gasteiger partial charge on any atom is 0.490 e. The zero-order valence-electron chi connectivity index (χ0n) is 22.0. The number of nitrogens with zero attached hydrogens (tertiary/aromatic N) is 3. The number of benzene rings is 2. The third-order valence-electron chi connectivity index (χ3n) is 6.08. The molecule has 1 aliphatic rings. The molecule has 1 aliphatic heterocycles. The van der Waals surface area contributed by atoms with Crippen molar-refractivity contribution in [3.63, 3.8) is 0 Å². The van der Waals surface area contributed by atoms with E-state index < -0.39 is 18.1 Å². The molecule has 3 aromatic rings. The predicted octanol–water partition coefficient (Wildman–Crippen LogP) is 6.41. The molecule has 0 radical (unpaired) electrons. The summed E-state index contributed by atoms with van der Waals surface area (Å²) in [5, 5.41) is 27.6. The molecule has 0 aliphatic carbocycles. The van der Waals surface area contributed by atoms with E-state index in [-0.39, 0.29) is 12.0 Å². The summed E-state index contributed by atoms with van der Waals surface area (Å²) >= 11 is 7.96. The lowest BCUT2D eigenvalue weighted by Gasteiger charge is -2.19. The van der Waals surface area contributed by atoms with E-state index in [0.29, 0.717) is 23.7 Å². The summed E-state index contributed by atoms with van der Waals surface area (Å²) in [6.07, 6.45) is -3.46. The first-order valence-electron chi connectivity index (χ1n) is 12.5. The van der Waals surface area contributed by atoms with Crippen LogP contribution in [0.15, 0.2) is 36.4 Å². The topological polar surface area (TPSA) is 113 Å². The smallest absolute Gasteiger partial charge is 0.489 e. The number of rotatable bonds is 8. The van der Waals surface area contributed by atoms with E-state index in [9.17, 15) is 23.1 Å². The lowest BCUT2D eigenvalue weighted by molar-refractivity contribution is -0.192. The highest BCUT2D eigenvalue weighted by atomic mass is 35.5. The van der Waals surface area contributed by atoms with Crippen molar-refractivity contribution in [2.24, 2.45) is 5.92 Å². The van der Waals surface area contributed by atoms with E-state index in [2.05, 4.69) is 34.2 Å². The van der Waals surface area contributed by atoms with Gasteiger partial charge in [-0.15, -0.1) is 10.2 Å². The Morgan fingerprint density at radius 3 is 2.40 bits per heavy atom. The Morgan fingerprint density at radius 1 is 1.18 bits per heavy atom. The zero-order chi connectivity index (χ0) is 29.6. The van der Waals surface area contributed by atoms with Crippen LogP contribution in [0.3, 0.4) is 0 Å². The Balaban J connectivity index is 0.000000559. The molecule has 2 heterocycles. The maximum atomic E-state index is 11.3. The molecule has 1 saturated heterocycles. The lowest BCUT2D eigenvalue weighted by Crippen LogP contribution is -2.23. The van der Waals surface area contributed by atoms with Crippen LogP contribution in [0.5, 0.6) is 5.75 Å². The number of hydrogen-bond acceptors (Lipinski definition) is 7. The van der Waals surface area contributed by atoms with Gasteiger partial charge in [-0.05, 0) is 62.6 Å². The van der Waals surface area contributed by atoms with Gasteiger partial charge in [0, 0.05) is 24.2 Å². The van der Waals surface area contributed by atoms with Crippen molar-refractivity contribution in [2.45, 2.75) is 52.4 Å². The highest BCUT2D eigenvalue weighted by Crippen LogP contribution is 2.36. The molecule has 0 amide bonds. The standard InChI is InChI=1S/C25H28ClN3O3S.C2HF3O2/c1-4-19-17(13-29-11-10-18(14-29)25(30)31)6-5-7-20(19)24-28-27-23(33-24)16-8-9-22(21(26)12-16)32-15(2)3;3-2(4,5)1(6)7/h5-9,12,15,18H,4,10-11,13-14H2,1-3H3,(H,30,31);(H,6,7). The third-order valence-corrected chi connectivity index (χ3v) is 7.38. The minimum atomic E-state index is -5.08. The molecule has 2 N–H and O–H groups in total. The van der Waals surface area contributed by atoms with Crippen molar-refractivity contribution in [1.29, 1.82) is 0 Å². The largest absolute Gasteiger partial charge is 0.490 e. The van der Waals surface area contributed by atoms with Crippen LogP contribution in [0.1, 0.15) is 38.3 Å². The highest BCUT2D eigenvalue weighted by molar-refractivity contribution is 7.17. The van der Waals surface area contributed by atoms with Gasteiger partial charge in [-0.25, -0.2) is 4.79 Å². The minimum Gasteiger partial charge on any atom is -0.489 e. The monoisotopic (exact) mass is 599 g/mol. The number of aromatic nitrogens is 2. The second kappa shape index (κ2) is 13.4. The van der Waals surface area contributed by atoms with E-state index in [1.165, 1.54) is 22.5 Å². The first-order valence-corrected chi connectivity index (χ1v) is 13.7. The van der Waals surface area contributed by atoms with E-state index in [4.69, 9.17) is 26.2 Å². The van der Waals surface area contributed by atoms with Gasteiger partial charge in [0.05, 0.1) is 17.0 Å². The second-order valence-corrected chi connectivity index (χ2v) is 10.8. The van der Waals surface area contributed by atoms with Gasteiger partial charge in [0.1, 0.15) is 15.8 Å². The van der Waals surface area contributed by atoms with Crippen LogP contribution in [0.4, 0.5) is 13.2 Å². The van der Waals surface area contributed by atoms with Crippen LogP contribution >= 0.6 is 22.9 Å². The molecule has 1 aromatic heterocycles. The number of likely N-dealkylation sites (tertiary alicyclic amines) is 1. The van der Waals surface area contributed by atoms with Crippen molar-refractivity contribution >= 4 is 34.9 Å². The molecule has 2 aromatic carbocycles. The average molecular weight is 600 g/mol. The molecule has 0 bridgehead atoms. The van der Waals surface area contributed by atoms with Crippen LogP contribution in [0, 0.1) is 5.92 Å². The Bertz CT molecular complexity index is 1350. The number of halogens is 4. The van der Waals surface area contributed by atoms with Gasteiger partial charge in [-0.1, -0.05) is 48.1 Å². The number of carboxylic acid groups (broad SMARTS) is 2. The normalized spacial score (nSPS) is 15.6. The molecule has 0 saturated carbocycles.